The van der Waals surface area contributed by atoms with Crippen LogP contribution in [0.3, 0.4) is 0 Å². The maximum absolute atomic E-state index is 11.9. The largest absolute Gasteiger partial charge is 0.444 e. The highest BCUT2D eigenvalue weighted by atomic mass is 35.5. The molecule has 2 rings (SSSR count). The third-order valence-corrected chi connectivity index (χ3v) is 3.21. The van der Waals surface area contributed by atoms with Gasteiger partial charge in [-0.15, -0.1) is 0 Å². The number of carbonyl (C=O) groups is 2. The molecule has 1 aromatic rings. The zero-order valence-electron chi connectivity index (χ0n) is 12.7. The number of halogens is 1. The standard InChI is InChI=1S/C14H19ClN4O3/c1-14(2,3)22-13(21)18-9-4-8(5-9)17-12(20)10-6-16-7-11(15)19-10/h6-9H,4-5H2,1-3H3,(H,17,20)(H,18,21)/t8-,9-. The van der Waals surface area contributed by atoms with Gasteiger partial charge in [0.25, 0.3) is 5.91 Å². The molecule has 0 spiro atoms. The molecule has 0 saturated heterocycles. The van der Waals surface area contributed by atoms with Gasteiger partial charge in [0.05, 0.1) is 12.4 Å². The first kappa shape index (κ1) is 16.5. The monoisotopic (exact) mass is 326 g/mol. The molecule has 0 aliphatic heterocycles. The van der Waals surface area contributed by atoms with Gasteiger partial charge in [0, 0.05) is 12.1 Å². The zero-order valence-corrected chi connectivity index (χ0v) is 13.5. The maximum Gasteiger partial charge on any atom is 0.407 e. The van der Waals surface area contributed by atoms with Crippen molar-refractivity contribution in [3.8, 4) is 0 Å². The first-order valence-corrected chi connectivity index (χ1v) is 7.38. The molecule has 1 saturated carbocycles. The fourth-order valence-corrected chi connectivity index (χ4v) is 2.19. The number of rotatable bonds is 3. The minimum Gasteiger partial charge on any atom is -0.444 e. The molecule has 0 radical (unpaired) electrons. The Hall–Kier alpha value is -1.89. The number of amides is 2. The Morgan fingerprint density at radius 1 is 1.23 bits per heavy atom. The highest BCUT2D eigenvalue weighted by Crippen LogP contribution is 2.21. The number of nitrogens with zero attached hydrogens (tertiary/aromatic N) is 2. The van der Waals surface area contributed by atoms with E-state index in [4.69, 9.17) is 16.3 Å². The number of hydrogen-bond donors (Lipinski definition) is 2. The van der Waals surface area contributed by atoms with Gasteiger partial charge in [0.15, 0.2) is 0 Å². The Labute approximate surface area is 133 Å². The van der Waals surface area contributed by atoms with Gasteiger partial charge in [-0.05, 0) is 33.6 Å². The van der Waals surface area contributed by atoms with Crippen molar-refractivity contribution in [2.75, 3.05) is 0 Å². The second-order valence-corrected chi connectivity index (χ2v) is 6.60. The number of aromatic nitrogens is 2. The van der Waals surface area contributed by atoms with Gasteiger partial charge >= 0.3 is 6.09 Å². The van der Waals surface area contributed by atoms with Crippen molar-refractivity contribution in [2.24, 2.45) is 0 Å². The lowest BCUT2D eigenvalue weighted by atomic mass is 9.87. The van der Waals surface area contributed by atoms with Crippen molar-refractivity contribution in [2.45, 2.75) is 51.3 Å². The molecular formula is C14H19ClN4O3. The smallest absolute Gasteiger partial charge is 0.407 e. The van der Waals surface area contributed by atoms with Gasteiger partial charge in [-0.25, -0.2) is 9.78 Å². The second-order valence-electron chi connectivity index (χ2n) is 6.21. The summed E-state index contributed by atoms with van der Waals surface area (Å²) in [4.78, 5) is 31.2. The fraction of sp³-hybridized carbons (Fsp3) is 0.571. The number of hydrogen-bond acceptors (Lipinski definition) is 5. The third kappa shape index (κ3) is 4.84. The van der Waals surface area contributed by atoms with Crippen LogP contribution in [0.15, 0.2) is 12.4 Å². The molecule has 1 aliphatic carbocycles. The van der Waals surface area contributed by atoms with E-state index >= 15 is 0 Å². The van der Waals surface area contributed by atoms with E-state index in [-0.39, 0.29) is 28.8 Å². The van der Waals surface area contributed by atoms with E-state index in [0.717, 1.165) is 0 Å². The molecule has 120 valence electrons. The average Bonchev–Trinajstić information content (AvgIpc) is 2.33. The minimum absolute atomic E-state index is 0.00518. The highest BCUT2D eigenvalue weighted by molar-refractivity contribution is 6.29. The summed E-state index contributed by atoms with van der Waals surface area (Å²) in [6, 6.07) is -0.00110. The molecule has 1 aliphatic rings. The van der Waals surface area contributed by atoms with Gasteiger partial charge in [0.2, 0.25) is 0 Å². The maximum atomic E-state index is 11.9. The van der Waals surface area contributed by atoms with Crippen molar-refractivity contribution in [3.05, 3.63) is 23.2 Å². The Bertz CT molecular complexity index is 567. The van der Waals surface area contributed by atoms with Crippen LogP contribution in [0.25, 0.3) is 0 Å². The highest BCUT2D eigenvalue weighted by Gasteiger charge is 2.33. The average molecular weight is 327 g/mol. The molecule has 8 heteroatoms. The second kappa shape index (κ2) is 6.48. The SMILES string of the molecule is CC(C)(C)OC(=O)N[C@H]1C[C@H](NC(=O)c2cncc(Cl)n2)C1. The Morgan fingerprint density at radius 3 is 2.45 bits per heavy atom. The Balaban J connectivity index is 1.73. The van der Waals surface area contributed by atoms with E-state index in [0.29, 0.717) is 12.8 Å². The number of ether oxygens (including phenoxy) is 1. The topological polar surface area (TPSA) is 93.2 Å². The van der Waals surface area contributed by atoms with E-state index < -0.39 is 11.7 Å². The molecular weight excluding hydrogens is 308 g/mol. The summed E-state index contributed by atoms with van der Waals surface area (Å²) in [5, 5.41) is 5.75. The third-order valence-electron chi connectivity index (χ3n) is 3.03. The van der Waals surface area contributed by atoms with Crippen LogP contribution < -0.4 is 10.6 Å². The Kier molecular flexibility index (Phi) is 4.85. The quantitative estimate of drug-likeness (QED) is 0.885. The van der Waals surface area contributed by atoms with Crippen LogP contribution >= 0.6 is 11.6 Å². The molecule has 22 heavy (non-hydrogen) atoms. The first-order valence-electron chi connectivity index (χ1n) is 7.01. The van der Waals surface area contributed by atoms with Gasteiger partial charge in [0.1, 0.15) is 16.4 Å². The van der Waals surface area contributed by atoms with E-state index in [1.807, 2.05) is 20.8 Å². The van der Waals surface area contributed by atoms with Gasteiger partial charge in [-0.2, -0.15) is 0 Å². The molecule has 2 amide bonds. The predicted octanol–water partition coefficient (Wildman–Crippen LogP) is 1.92. The summed E-state index contributed by atoms with van der Waals surface area (Å²) in [6.07, 6.45) is 3.58. The molecule has 1 aromatic heterocycles. The van der Waals surface area contributed by atoms with Crippen LogP contribution in [-0.4, -0.2) is 39.7 Å². The van der Waals surface area contributed by atoms with E-state index in [9.17, 15) is 9.59 Å². The van der Waals surface area contributed by atoms with Crippen LogP contribution in [0.4, 0.5) is 4.79 Å². The fourth-order valence-electron chi connectivity index (χ4n) is 2.04. The van der Waals surface area contributed by atoms with Gasteiger partial charge < -0.3 is 15.4 Å². The lowest BCUT2D eigenvalue weighted by Gasteiger charge is -2.36. The van der Waals surface area contributed by atoms with Crippen molar-refractivity contribution in [1.82, 2.24) is 20.6 Å². The van der Waals surface area contributed by atoms with Crippen LogP contribution in [0.5, 0.6) is 0 Å². The summed E-state index contributed by atoms with van der Waals surface area (Å²) in [5.41, 5.74) is -0.344. The summed E-state index contributed by atoms with van der Waals surface area (Å²) in [7, 11) is 0. The number of nitrogens with one attached hydrogen (secondary N) is 2. The number of alkyl carbamates (subject to hydrolysis) is 1. The minimum atomic E-state index is -0.521. The summed E-state index contributed by atoms with van der Waals surface area (Å²) in [6.45, 7) is 5.42. The van der Waals surface area contributed by atoms with Crippen LogP contribution in [0.2, 0.25) is 5.15 Å². The van der Waals surface area contributed by atoms with Crippen LogP contribution in [0.1, 0.15) is 44.1 Å². The summed E-state index contributed by atoms with van der Waals surface area (Å²) in [5.74, 6) is -0.323. The van der Waals surface area contributed by atoms with Gasteiger partial charge in [-0.3, -0.25) is 9.78 Å². The van der Waals surface area contributed by atoms with E-state index in [2.05, 4.69) is 20.6 Å². The molecule has 0 bridgehead atoms. The van der Waals surface area contributed by atoms with E-state index in [1.54, 1.807) is 0 Å². The van der Waals surface area contributed by atoms with Crippen molar-refractivity contribution in [1.29, 1.82) is 0 Å². The normalized spacial score (nSPS) is 20.7. The zero-order chi connectivity index (χ0) is 16.3. The van der Waals surface area contributed by atoms with Crippen molar-refractivity contribution in [3.63, 3.8) is 0 Å². The molecule has 0 atom stereocenters. The van der Waals surface area contributed by atoms with E-state index in [1.165, 1.54) is 12.4 Å². The Morgan fingerprint density at radius 2 is 1.86 bits per heavy atom. The van der Waals surface area contributed by atoms with Crippen molar-refractivity contribution < 1.29 is 14.3 Å². The molecule has 7 nitrogen and oxygen atoms in total. The lowest BCUT2D eigenvalue weighted by molar-refractivity contribution is 0.0465. The van der Waals surface area contributed by atoms with Crippen LogP contribution in [0, 0.1) is 0 Å². The van der Waals surface area contributed by atoms with Crippen molar-refractivity contribution >= 4 is 23.6 Å². The molecule has 2 N–H and O–H groups in total. The molecule has 1 heterocycles. The molecule has 0 aromatic carbocycles. The van der Waals surface area contributed by atoms with Crippen LogP contribution in [-0.2, 0) is 4.74 Å². The van der Waals surface area contributed by atoms with Gasteiger partial charge in [-0.1, -0.05) is 11.6 Å². The summed E-state index contributed by atoms with van der Waals surface area (Å²) < 4.78 is 5.17. The summed E-state index contributed by atoms with van der Waals surface area (Å²) >= 11 is 5.69. The predicted molar refractivity (Wildman–Crippen MR) is 80.7 cm³/mol. The lowest BCUT2D eigenvalue weighted by Crippen LogP contribution is -2.54. The first-order chi connectivity index (χ1) is 10.2. The molecule has 0 unspecified atom stereocenters. The molecule has 1 fully saturated rings. The number of carbonyl (C=O) groups excluding carboxylic acids is 2.